The molecule has 1 rings (SSSR count). The van der Waals surface area contributed by atoms with E-state index >= 15 is 0 Å². The summed E-state index contributed by atoms with van der Waals surface area (Å²) in [4.78, 5) is 0. The molecule has 0 aromatic heterocycles. The topological polar surface area (TPSA) is 0 Å². The van der Waals surface area contributed by atoms with Gasteiger partial charge < -0.3 is 0 Å². The molecular weight excluding hydrogens is 245 g/mol. The van der Waals surface area contributed by atoms with E-state index in [2.05, 4.69) is 6.92 Å². The van der Waals surface area contributed by atoms with E-state index in [1.165, 1.54) is 0 Å². The maximum Gasteiger partial charge on any atom is 0.441 e. The Labute approximate surface area is 97.9 Å². The molecule has 0 N–H and O–H groups in total. The van der Waals surface area contributed by atoms with Crippen molar-refractivity contribution in [2.24, 2.45) is 11.8 Å². The lowest BCUT2D eigenvalue weighted by Crippen LogP contribution is -2.25. The highest BCUT2D eigenvalue weighted by atomic mass is 35.5. The van der Waals surface area contributed by atoms with Gasteiger partial charge in [-0.2, -0.15) is 13.2 Å². The summed E-state index contributed by atoms with van der Waals surface area (Å²) in [6.45, 7) is 2.15. The number of hydrogen-bond acceptors (Lipinski definition) is 1. The third-order valence-electron chi connectivity index (χ3n) is 2.91. The van der Waals surface area contributed by atoms with Crippen LogP contribution in [-0.4, -0.2) is 16.6 Å². The predicted octanol–water partition coefficient (Wildman–Crippen LogP) is 4.67. The second-order valence-corrected chi connectivity index (χ2v) is 6.00. The number of hydrogen-bond donors (Lipinski definition) is 0. The standard InChI is InChI=1S/C10H16ClF3S/c1-7-2-3-9(11)8(6-7)4-5-15-10(12,13)14/h7-9H,2-6H2,1H3. The van der Waals surface area contributed by atoms with Crippen LogP contribution in [0.1, 0.15) is 32.6 Å². The summed E-state index contributed by atoms with van der Waals surface area (Å²) in [5.41, 5.74) is -4.10. The molecule has 0 nitrogen and oxygen atoms in total. The molecule has 0 radical (unpaired) electrons. The molecule has 0 amide bonds. The van der Waals surface area contributed by atoms with Crippen molar-refractivity contribution in [3.05, 3.63) is 0 Å². The molecule has 1 fully saturated rings. The molecule has 0 spiro atoms. The Hall–Kier alpha value is 0.430. The van der Waals surface area contributed by atoms with Crippen LogP contribution in [0.15, 0.2) is 0 Å². The fraction of sp³-hybridized carbons (Fsp3) is 1.00. The molecule has 0 saturated heterocycles. The zero-order valence-electron chi connectivity index (χ0n) is 8.69. The van der Waals surface area contributed by atoms with Crippen molar-refractivity contribution in [1.29, 1.82) is 0 Å². The molecule has 1 aliphatic rings. The summed E-state index contributed by atoms with van der Waals surface area (Å²) in [6.07, 6.45) is 3.62. The summed E-state index contributed by atoms with van der Waals surface area (Å²) in [5.74, 6) is 1.02. The van der Waals surface area contributed by atoms with Crippen molar-refractivity contribution in [1.82, 2.24) is 0 Å². The lowest BCUT2D eigenvalue weighted by Gasteiger charge is -2.31. The van der Waals surface area contributed by atoms with E-state index in [0.717, 1.165) is 19.3 Å². The number of alkyl halides is 4. The summed E-state index contributed by atoms with van der Waals surface area (Å²) < 4.78 is 35.7. The first-order chi connectivity index (χ1) is 6.88. The number of halogens is 4. The van der Waals surface area contributed by atoms with Crippen LogP contribution in [0.3, 0.4) is 0 Å². The van der Waals surface area contributed by atoms with Crippen LogP contribution >= 0.6 is 23.4 Å². The first-order valence-corrected chi connectivity index (χ1v) is 6.65. The zero-order chi connectivity index (χ0) is 11.5. The van der Waals surface area contributed by atoms with Gasteiger partial charge in [-0.15, -0.1) is 11.6 Å². The van der Waals surface area contributed by atoms with Crippen LogP contribution in [0.25, 0.3) is 0 Å². The SMILES string of the molecule is CC1CCC(Cl)C(CCSC(F)(F)F)C1. The Morgan fingerprint density at radius 2 is 2.00 bits per heavy atom. The van der Waals surface area contributed by atoms with Crippen LogP contribution in [0.5, 0.6) is 0 Å². The van der Waals surface area contributed by atoms with E-state index < -0.39 is 5.51 Å². The minimum atomic E-state index is -4.10. The average Bonchev–Trinajstić information content (AvgIpc) is 2.09. The maximum atomic E-state index is 11.9. The Morgan fingerprint density at radius 3 is 2.60 bits per heavy atom. The molecule has 1 saturated carbocycles. The maximum absolute atomic E-state index is 11.9. The number of rotatable bonds is 3. The first kappa shape index (κ1) is 13.5. The van der Waals surface area contributed by atoms with Gasteiger partial charge in [-0.3, -0.25) is 0 Å². The van der Waals surface area contributed by atoms with E-state index in [1.54, 1.807) is 0 Å². The monoisotopic (exact) mass is 260 g/mol. The third kappa shape index (κ3) is 5.34. The van der Waals surface area contributed by atoms with Gasteiger partial charge in [0, 0.05) is 11.1 Å². The second-order valence-electron chi connectivity index (χ2n) is 4.28. The molecule has 0 heterocycles. The highest BCUT2D eigenvalue weighted by Crippen LogP contribution is 2.37. The molecule has 3 atom stereocenters. The van der Waals surface area contributed by atoms with Crippen molar-refractivity contribution in [2.75, 3.05) is 5.75 Å². The normalized spacial score (nSPS) is 33.0. The van der Waals surface area contributed by atoms with Crippen LogP contribution in [0.4, 0.5) is 13.2 Å². The molecule has 5 heteroatoms. The van der Waals surface area contributed by atoms with Gasteiger partial charge in [0.2, 0.25) is 0 Å². The summed E-state index contributed by atoms with van der Waals surface area (Å²) in [6, 6.07) is 0. The third-order valence-corrected chi connectivity index (χ3v) is 4.25. The van der Waals surface area contributed by atoms with Gasteiger partial charge in [-0.25, -0.2) is 0 Å². The average molecular weight is 261 g/mol. The molecule has 0 aromatic rings. The Bertz CT molecular complexity index is 196. The summed E-state index contributed by atoms with van der Waals surface area (Å²) in [5, 5.41) is 0.0787. The summed E-state index contributed by atoms with van der Waals surface area (Å²) >= 11 is 6.18. The molecule has 0 aromatic carbocycles. The lowest BCUT2D eigenvalue weighted by molar-refractivity contribution is -0.0328. The van der Waals surface area contributed by atoms with Gasteiger partial charge in [-0.1, -0.05) is 18.7 Å². The van der Waals surface area contributed by atoms with Crippen molar-refractivity contribution in [2.45, 2.75) is 43.5 Å². The fourth-order valence-corrected chi connectivity index (χ4v) is 3.09. The van der Waals surface area contributed by atoms with Crippen molar-refractivity contribution < 1.29 is 13.2 Å². The van der Waals surface area contributed by atoms with Gasteiger partial charge in [0.1, 0.15) is 0 Å². The van der Waals surface area contributed by atoms with E-state index in [1.807, 2.05) is 0 Å². The molecule has 3 unspecified atom stereocenters. The van der Waals surface area contributed by atoms with E-state index in [9.17, 15) is 13.2 Å². The fourth-order valence-electron chi connectivity index (χ4n) is 2.09. The minimum Gasteiger partial charge on any atom is -0.160 e. The zero-order valence-corrected chi connectivity index (χ0v) is 10.3. The molecular formula is C10H16ClF3S. The van der Waals surface area contributed by atoms with E-state index in [-0.39, 0.29) is 28.8 Å². The van der Waals surface area contributed by atoms with E-state index in [4.69, 9.17) is 11.6 Å². The number of thioether (sulfide) groups is 1. The van der Waals surface area contributed by atoms with Crippen LogP contribution in [0.2, 0.25) is 0 Å². The van der Waals surface area contributed by atoms with Crippen molar-refractivity contribution in [3.63, 3.8) is 0 Å². The Balaban J connectivity index is 2.24. The predicted molar refractivity (Wildman–Crippen MR) is 59.3 cm³/mol. The van der Waals surface area contributed by atoms with Gasteiger partial charge >= 0.3 is 5.51 Å². The van der Waals surface area contributed by atoms with E-state index in [0.29, 0.717) is 12.3 Å². The van der Waals surface area contributed by atoms with Gasteiger partial charge in [0.05, 0.1) is 0 Å². The quantitative estimate of drug-likeness (QED) is 0.665. The lowest BCUT2D eigenvalue weighted by atomic mass is 9.81. The minimum absolute atomic E-state index is 0.0718. The van der Waals surface area contributed by atoms with Crippen LogP contribution in [-0.2, 0) is 0 Å². The second kappa shape index (κ2) is 5.67. The molecule has 90 valence electrons. The van der Waals surface area contributed by atoms with Crippen molar-refractivity contribution in [3.8, 4) is 0 Å². The van der Waals surface area contributed by atoms with Gasteiger partial charge in [-0.05, 0) is 37.5 Å². The first-order valence-electron chi connectivity index (χ1n) is 5.23. The highest BCUT2D eigenvalue weighted by molar-refractivity contribution is 8.00. The molecule has 0 bridgehead atoms. The largest absolute Gasteiger partial charge is 0.441 e. The Kier molecular flexibility index (Phi) is 5.10. The van der Waals surface area contributed by atoms with Crippen molar-refractivity contribution >= 4 is 23.4 Å². The van der Waals surface area contributed by atoms with Gasteiger partial charge in [0.25, 0.3) is 0 Å². The molecule has 15 heavy (non-hydrogen) atoms. The molecule has 0 aliphatic heterocycles. The smallest absolute Gasteiger partial charge is 0.160 e. The highest BCUT2D eigenvalue weighted by Gasteiger charge is 2.31. The molecule has 1 aliphatic carbocycles. The van der Waals surface area contributed by atoms with Crippen LogP contribution in [0, 0.1) is 11.8 Å². The Morgan fingerprint density at radius 1 is 1.33 bits per heavy atom. The van der Waals surface area contributed by atoms with Crippen LogP contribution < -0.4 is 0 Å². The van der Waals surface area contributed by atoms with Gasteiger partial charge in [0.15, 0.2) is 0 Å². The summed E-state index contributed by atoms with van der Waals surface area (Å²) in [7, 11) is 0.